The van der Waals surface area contributed by atoms with Gasteiger partial charge in [-0.1, -0.05) is 65.7 Å². The molecule has 3 heterocycles. The van der Waals surface area contributed by atoms with Gasteiger partial charge in [0.15, 0.2) is 0 Å². The second kappa shape index (κ2) is 9.23. The van der Waals surface area contributed by atoms with Crippen molar-refractivity contribution in [3.63, 3.8) is 0 Å². The lowest BCUT2D eigenvalue weighted by Gasteiger charge is -2.12. The minimum atomic E-state index is 0.861. The molecule has 0 bridgehead atoms. The molecule has 0 aromatic carbocycles. The maximum absolute atomic E-state index is 2.60. The van der Waals surface area contributed by atoms with Crippen molar-refractivity contribution in [3.05, 3.63) is 22.4 Å². The molecule has 1 unspecified atom stereocenters. The summed E-state index contributed by atoms with van der Waals surface area (Å²) in [5.41, 5.74) is 2.97. The van der Waals surface area contributed by atoms with Crippen LogP contribution in [0.25, 0.3) is 20.4 Å². The van der Waals surface area contributed by atoms with Gasteiger partial charge in [0.25, 0.3) is 0 Å². The van der Waals surface area contributed by atoms with Crippen molar-refractivity contribution >= 4 is 43.1 Å². The van der Waals surface area contributed by atoms with Crippen LogP contribution in [0.3, 0.4) is 0 Å². The minimum Gasteiger partial charge on any atom is -0.339 e. The second-order valence-corrected chi connectivity index (χ2v) is 9.45. The third-order valence-electron chi connectivity index (χ3n) is 5.46. The first-order valence-electron chi connectivity index (χ1n) is 10.3. The monoisotopic (exact) mass is 375 g/mol. The van der Waals surface area contributed by atoms with Crippen molar-refractivity contribution in [2.24, 2.45) is 5.92 Å². The Kier molecular flexibility index (Phi) is 7.00. The fourth-order valence-corrected chi connectivity index (χ4v) is 6.21. The van der Waals surface area contributed by atoms with Gasteiger partial charge in [0.1, 0.15) is 0 Å². The van der Waals surface area contributed by atoms with E-state index in [9.17, 15) is 0 Å². The number of hydrogen-bond acceptors (Lipinski definition) is 2. The highest BCUT2D eigenvalue weighted by atomic mass is 32.1. The van der Waals surface area contributed by atoms with Gasteiger partial charge in [0, 0.05) is 11.4 Å². The van der Waals surface area contributed by atoms with Gasteiger partial charge < -0.3 is 4.57 Å². The molecular weight excluding hydrogens is 342 g/mol. The molecule has 3 heteroatoms. The summed E-state index contributed by atoms with van der Waals surface area (Å²) in [6, 6.07) is 4.84. The predicted octanol–water partition coefficient (Wildman–Crippen LogP) is 8.26. The first kappa shape index (κ1) is 19.0. The van der Waals surface area contributed by atoms with E-state index >= 15 is 0 Å². The summed E-state index contributed by atoms with van der Waals surface area (Å²) in [5, 5.41) is 2.27. The topological polar surface area (TPSA) is 4.93 Å². The first-order valence-corrected chi connectivity index (χ1v) is 12.0. The van der Waals surface area contributed by atoms with Crippen LogP contribution in [0, 0.1) is 5.92 Å². The lowest BCUT2D eigenvalue weighted by molar-refractivity contribution is 0.452. The number of nitrogens with zero attached hydrogens (tertiary/aromatic N) is 1. The highest BCUT2D eigenvalue weighted by Gasteiger charge is 2.17. The Labute approximate surface area is 161 Å². The van der Waals surface area contributed by atoms with E-state index in [1.165, 1.54) is 80.1 Å². The summed E-state index contributed by atoms with van der Waals surface area (Å²) >= 11 is 3.99. The highest BCUT2D eigenvalue weighted by Crippen LogP contribution is 2.39. The van der Waals surface area contributed by atoms with Gasteiger partial charge >= 0.3 is 0 Å². The van der Waals surface area contributed by atoms with E-state index in [1.54, 1.807) is 9.58 Å². The van der Waals surface area contributed by atoms with Crippen LogP contribution in [0.15, 0.2) is 17.5 Å². The molecule has 0 N–H and O–H groups in total. The van der Waals surface area contributed by atoms with Crippen molar-refractivity contribution in [2.75, 3.05) is 0 Å². The lowest BCUT2D eigenvalue weighted by Crippen LogP contribution is -2.02. The number of thiophene rings is 2. The average Bonchev–Trinajstić information content (AvgIpc) is 3.29. The first-order chi connectivity index (χ1) is 12.3. The summed E-state index contributed by atoms with van der Waals surface area (Å²) in [7, 11) is 0. The van der Waals surface area contributed by atoms with Crippen molar-refractivity contribution in [1.29, 1.82) is 0 Å². The molecule has 3 aromatic rings. The SMILES string of the molecule is CCCCCCn1c2ccsc2c2sc(CC(CC)CCCC)cc21. The standard InChI is InChI=1S/C22H33NS2/c1-4-7-9-10-13-23-19-12-14-24-21(19)22-20(23)16-18(25-22)15-17(6-3)11-8-5-2/h12,14,16-17H,4-11,13,15H2,1-3H3. The van der Waals surface area contributed by atoms with Gasteiger partial charge in [-0.05, 0) is 36.3 Å². The van der Waals surface area contributed by atoms with E-state index in [4.69, 9.17) is 0 Å². The summed E-state index contributed by atoms with van der Waals surface area (Å²) in [4.78, 5) is 1.60. The highest BCUT2D eigenvalue weighted by molar-refractivity contribution is 7.26. The fraction of sp³-hybridized carbons (Fsp3) is 0.636. The largest absolute Gasteiger partial charge is 0.339 e. The number of rotatable bonds is 11. The van der Waals surface area contributed by atoms with E-state index < -0.39 is 0 Å². The molecule has 138 valence electrons. The third kappa shape index (κ3) is 4.31. The zero-order chi connectivity index (χ0) is 17.6. The Morgan fingerprint density at radius 3 is 2.56 bits per heavy atom. The van der Waals surface area contributed by atoms with Crippen LogP contribution in [0.5, 0.6) is 0 Å². The van der Waals surface area contributed by atoms with Crippen LogP contribution in [0.2, 0.25) is 0 Å². The normalized spacial score (nSPS) is 13.2. The van der Waals surface area contributed by atoms with Crippen LogP contribution < -0.4 is 0 Å². The van der Waals surface area contributed by atoms with Crippen molar-refractivity contribution in [1.82, 2.24) is 4.57 Å². The molecule has 0 aliphatic heterocycles. The number of fused-ring (bicyclic) bond motifs is 3. The Hall–Kier alpha value is -0.800. The Morgan fingerprint density at radius 2 is 1.80 bits per heavy atom. The Balaban J connectivity index is 1.82. The quantitative estimate of drug-likeness (QED) is 0.297. The molecule has 25 heavy (non-hydrogen) atoms. The molecule has 1 nitrogen and oxygen atoms in total. The molecule has 3 rings (SSSR count). The third-order valence-corrected chi connectivity index (χ3v) is 7.68. The molecular formula is C22H33NS2. The fourth-order valence-electron chi connectivity index (χ4n) is 3.87. The molecule has 0 aliphatic carbocycles. The second-order valence-electron chi connectivity index (χ2n) is 7.39. The Morgan fingerprint density at radius 1 is 0.960 bits per heavy atom. The van der Waals surface area contributed by atoms with E-state index in [0.29, 0.717) is 0 Å². The number of unbranched alkanes of at least 4 members (excludes halogenated alkanes) is 4. The maximum Gasteiger partial charge on any atom is 0.0703 e. The molecule has 0 fully saturated rings. The van der Waals surface area contributed by atoms with E-state index in [-0.39, 0.29) is 0 Å². The predicted molar refractivity (Wildman–Crippen MR) is 116 cm³/mol. The van der Waals surface area contributed by atoms with E-state index in [0.717, 1.165) is 5.92 Å². The lowest BCUT2D eigenvalue weighted by atomic mass is 9.95. The maximum atomic E-state index is 2.60. The molecule has 3 aromatic heterocycles. The van der Waals surface area contributed by atoms with Gasteiger partial charge in [0.2, 0.25) is 0 Å². The van der Waals surface area contributed by atoms with E-state index in [1.807, 2.05) is 11.3 Å². The summed E-state index contributed by atoms with van der Waals surface area (Å²) in [6.07, 6.45) is 12.0. The minimum absolute atomic E-state index is 0.861. The molecule has 0 radical (unpaired) electrons. The summed E-state index contributed by atoms with van der Waals surface area (Å²) in [5.74, 6) is 0.861. The molecule has 0 amide bonds. The zero-order valence-corrected chi connectivity index (χ0v) is 17.8. The van der Waals surface area contributed by atoms with Crippen molar-refractivity contribution < 1.29 is 0 Å². The van der Waals surface area contributed by atoms with Gasteiger partial charge in [-0.25, -0.2) is 0 Å². The smallest absolute Gasteiger partial charge is 0.0703 e. The number of aromatic nitrogens is 1. The number of hydrogen-bond donors (Lipinski definition) is 0. The molecule has 1 atom stereocenters. The van der Waals surface area contributed by atoms with Crippen LogP contribution in [-0.4, -0.2) is 4.57 Å². The molecule has 0 saturated carbocycles. The van der Waals surface area contributed by atoms with Crippen LogP contribution in [-0.2, 0) is 13.0 Å². The van der Waals surface area contributed by atoms with Crippen LogP contribution in [0.4, 0.5) is 0 Å². The van der Waals surface area contributed by atoms with Crippen molar-refractivity contribution in [3.8, 4) is 0 Å². The average molecular weight is 376 g/mol. The van der Waals surface area contributed by atoms with Crippen LogP contribution in [0.1, 0.15) is 77.0 Å². The summed E-state index contributed by atoms with van der Waals surface area (Å²) in [6.45, 7) is 8.14. The molecule has 0 spiro atoms. The van der Waals surface area contributed by atoms with E-state index in [2.05, 4.69) is 54.2 Å². The molecule has 0 saturated heterocycles. The van der Waals surface area contributed by atoms with Gasteiger partial charge in [-0.3, -0.25) is 0 Å². The van der Waals surface area contributed by atoms with Crippen molar-refractivity contribution in [2.45, 2.75) is 85.1 Å². The van der Waals surface area contributed by atoms with Gasteiger partial charge in [-0.2, -0.15) is 0 Å². The van der Waals surface area contributed by atoms with Gasteiger partial charge in [0.05, 0.1) is 20.4 Å². The molecule has 0 aliphatic rings. The number of aryl methyl sites for hydroxylation is 1. The summed E-state index contributed by atoms with van der Waals surface area (Å²) < 4.78 is 5.66. The Bertz CT molecular complexity index is 777. The zero-order valence-electron chi connectivity index (χ0n) is 16.1. The van der Waals surface area contributed by atoms with Crippen LogP contribution >= 0.6 is 22.7 Å². The van der Waals surface area contributed by atoms with Gasteiger partial charge in [-0.15, -0.1) is 22.7 Å².